The Morgan fingerprint density at radius 3 is 2.53 bits per heavy atom. The van der Waals surface area contributed by atoms with Gasteiger partial charge in [0.15, 0.2) is 0 Å². The summed E-state index contributed by atoms with van der Waals surface area (Å²) in [6.07, 6.45) is 0. The van der Waals surface area contributed by atoms with Crippen LogP contribution in [-0.4, -0.2) is 8.42 Å². The normalized spacial score (nSPS) is 11.5. The Hall–Kier alpha value is -1.02. The standard InChI is InChI=1S/C10H7Cl2FN2O2S2/c11-9-4-8(10(12)18-9)19(16,17)15-7-3-5(14)1-2-6(7)13/h1-4,15H,14H2. The first kappa shape index (κ1) is 14.4. The van der Waals surface area contributed by atoms with Crippen molar-refractivity contribution in [2.24, 2.45) is 0 Å². The lowest BCUT2D eigenvalue weighted by Crippen LogP contribution is -2.13. The van der Waals surface area contributed by atoms with Crippen LogP contribution >= 0.6 is 34.5 Å². The summed E-state index contributed by atoms with van der Waals surface area (Å²) in [5, 5.41) is 0. The third kappa shape index (κ3) is 3.11. The largest absolute Gasteiger partial charge is 0.399 e. The molecule has 102 valence electrons. The van der Waals surface area contributed by atoms with Gasteiger partial charge in [-0.2, -0.15) is 0 Å². The van der Waals surface area contributed by atoms with E-state index in [1.807, 2.05) is 0 Å². The third-order valence-corrected chi connectivity index (χ3v) is 5.27. The summed E-state index contributed by atoms with van der Waals surface area (Å²) < 4.78 is 39.9. The lowest BCUT2D eigenvalue weighted by Gasteiger charge is -2.08. The van der Waals surface area contributed by atoms with Crippen molar-refractivity contribution in [2.45, 2.75) is 4.90 Å². The predicted octanol–water partition coefficient (Wildman–Crippen LogP) is 3.58. The van der Waals surface area contributed by atoms with Crippen LogP contribution < -0.4 is 10.5 Å². The van der Waals surface area contributed by atoms with Crippen molar-refractivity contribution in [1.82, 2.24) is 0 Å². The Labute approximate surface area is 123 Å². The number of nitrogens with two attached hydrogens (primary N) is 1. The minimum Gasteiger partial charge on any atom is -0.399 e. The number of nitrogen functional groups attached to an aromatic ring is 1. The summed E-state index contributed by atoms with van der Waals surface area (Å²) >= 11 is 12.3. The minimum absolute atomic E-state index is 0.00168. The van der Waals surface area contributed by atoms with Gasteiger partial charge in [-0.3, -0.25) is 4.72 Å². The zero-order valence-electron chi connectivity index (χ0n) is 9.15. The average Bonchev–Trinajstić information content (AvgIpc) is 2.63. The maximum Gasteiger partial charge on any atom is 0.264 e. The molecule has 0 bridgehead atoms. The number of nitrogens with one attached hydrogen (secondary N) is 1. The molecule has 19 heavy (non-hydrogen) atoms. The molecule has 1 heterocycles. The van der Waals surface area contributed by atoms with Gasteiger partial charge in [0.2, 0.25) is 0 Å². The monoisotopic (exact) mass is 340 g/mol. The molecule has 0 aliphatic heterocycles. The number of hydrogen-bond donors (Lipinski definition) is 2. The Kier molecular flexibility index (Phi) is 3.91. The lowest BCUT2D eigenvalue weighted by atomic mass is 10.3. The average molecular weight is 341 g/mol. The number of benzene rings is 1. The van der Waals surface area contributed by atoms with Gasteiger partial charge >= 0.3 is 0 Å². The number of thiophene rings is 1. The Morgan fingerprint density at radius 2 is 1.95 bits per heavy atom. The number of hydrogen-bond acceptors (Lipinski definition) is 4. The van der Waals surface area contributed by atoms with E-state index in [2.05, 4.69) is 4.72 Å². The van der Waals surface area contributed by atoms with Gasteiger partial charge in [-0.15, -0.1) is 11.3 Å². The van der Waals surface area contributed by atoms with Crippen molar-refractivity contribution >= 4 is 55.9 Å². The van der Waals surface area contributed by atoms with E-state index >= 15 is 0 Å². The molecular weight excluding hydrogens is 334 g/mol. The van der Waals surface area contributed by atoms with E-state index in [1.165, 1.54) is 18.2 Å². The zero-order valence-corrected chi connectivity index (χ0v) is 12.3. The molecular formula is C10H7Cl2FN2O2S2. The van der Waals surface area contributed by atoms with E-state index in [9.17, 15) is 12.8 Å². The van der Waals surface area contributed by atoms with Gasteiger partial charge in [-0.25, -0.2) is 12.8 Å². The topological polar surface area (TPSA) is 72.2 Å². The summed E-state index contributed by atoms with van der Waals surface area (Å²) in [7, 11) is -4.01. The summed E-state index contributed by atoms with van der Waals surface area (Å²) in [4.78, 5) is -0.203. The van der Waals surface area contributed by atoms with Crippen LogP contribution in [0.2, 0.25) is 8.67 Å². The molecule has 1 aromatic heterocycles. The van der Waals surface area contributed by atoms with Gasteiger partial charge in [-0.1, -0.05) is 23.2 Å². The molecule has 0 spiro atoms. The SMILES string of the molecule is Nc1ccc(F)c(NS(=O)(=O)c2cc(Cl)sc2Cl)c1. The van der Waals surface area contributed by atoms with Crippen molar-refractivity contribution in [3.8, 4) is 0 Å². The van der Waals surface area contributed by atoms with E-state index < -0.39 is 15.8 Å². The number of rotatable bonds is 3. The second-order valence-corrected chi connectivity index (χ2v) is 7.47. The quantitative estimate of drug-likeness (QED) is 0.838. The molecule has 4 nitrogen and oxygen atoms in total. The molecule has 2 aromatic rings. The molecule has 0 aliphatic carbocycles. The van der Waals surface area contributed by atoms with Crippen LogP contribution in [0.3, 0.4) is 0 Å². The van der Waals surface area contributed by atoms with Gasteiger partial charge < -0.3 is 5.73 Å². The fourth-order valence-electron chi connectivity index (χ4n) is 1.33. The van der Waals surface area contributed by atoms with Crippen LogP contribution in [0.1, 0.15) is 0 Å². The summed E-state index contributed by atoms with van der Waals surface area (Å²) in [5.74, 6) is -0.741. The van der Waals surface area contributed by atoms with Crippen molar-refractivity contribution in [3.05, 3.63) is 38.8 Å². The van der Waals surface area contributed by atoms with Crippen LogP contribution in [0, 0.1) is 5.82 Å². The fraction of sp³-hybridized carbons (Fsp3) is 0. The first-order valence-electron chi connectivity index (χ1n) is 4.82. The summed E-state index contributed by atoms with van der Waals surface area (Å²) in [6.45, 7) is 0. The predicted molar refractivity (Wildman–Crippen MR) is 76.0 cm³/mol. The highest BCUT2D eigenvalue weighted by molar-refractivity contribution is 7.93. The van der Waals surface area contributed by atoms with Crippen molar-refractivity contribution in [2.75, 3.05) is 10.5 Å². The van der Waals surface area contributed by atoms with E-state index in [-0.39, 0.29) is 24.9 Å². The summed E-state index contributed by atoms with van der Waals surface area (Å²) in [5.41, 5.74) is 5.45. The highest BCUT2D eigenvalue weighted by Gasteiger charge is 2.22. The second kappa shape index (κ2) is 5.16. The Morgan fingerprint density at radius 1 is 1.26 bits per heavy atom. The maximum atomic E-state index is 13.5. The number of anilines is 2. The van der Waals surface area contributed by atoms with E-state index in [0.29, 0.717) is 0 Å². The molecule has 1 aromatic carbocycles. The first-order chi connectivity index (χ1) is 8.79. The van der Waals surface area contributed by atoms with Gasteiger partial charge in [0.1, 0.15) is 15.0 Å². The third-order valence-electron chi connectivity index (χ3n) is 2.15. The molecule has 0 fully saturated rings. The molecule has 0 saturated heterocycles. The molecule has 0 amide bonds. The smallest absolute Gasteiger partial charge is 0.264 e. The van der Waals surface area contributed by atoms with Crippen molar-refractivity contribution < 1.29 is 12.8 Å². The Bertz CT molecular complexity index is 731. The molecule has 0 aliphatic rings. The van der Waals surface area contributed by atoms with Crippen LogP contribution in [0.5, 0.6) is 0 Å². The second-order valence-electron chi connectivity index (χ2n) is 3.53. The van der Waals surface area contributed by atoms with Gasteiger partial charge in [0.25, 0.3) is 10.0 Å². The maximum absolute atomic E-state index is 13.5. The zero-order chi connectivity index (χ0) is 14.2. The molecule has 3 N–H and O–H groups in total. The van der Waals surface area contributed by atoms with Gasteiger partial charge in [0, 0.05) is 5.69 Å². The Balaban J connectivity index is 2.42. The van der Waals surface area contributed by atoms with E-state index in [1.54, 1.807) is 0 Å². The highest BCUT2D eigenvalue weighted by atomic mass is 35.5. The molecule has 0 unspecified atom stereocenters. The molecule has 9 heteroatoms. The number of sulfonamides is 1. The van der Waals surface area contributed by atoms with Crippen LogP contribution in [0.4, 0.5) is 15.8 Å². The van der Waals surface area contributed by atoms with Crippen LogP contribution in [-0.2, 0) is 10.0 Å². The first-order valence-corrected chi connectivity index (χ1v) is 7.88. The van der Waals surface area contributed by atoms with Gasteiger partial charge in [-0.05, 0) is 24.3 Å². The van der Waals surface area contributed by atoms with Gasteiger partial charge in [0.05, 0.1) is 10.0 Å². The molecule has 0 atom stereocenters. The van der Waals surface area contributed by atoms with Crippen molar-refractivity contribution in [1.29, 1.82) is 0 Å². The minimum atomic E-state index is -4.01. The molecule has 0 saturated carbocycles. The van der Waals surface area contributed by atoms with Crippen LogP contribution in [0.15, 0.2) is 29.2 Å². The van der Waals surface area contributed by atoms with E-state index in [0.717, 1.165) is 17.4 Å². The van der Waals surface area contributed by atoms with Crippen molar-refractivity contribution in [3.63, 3.8) is 0 Å². The fourth-order valence-corrected chi connectivity index (χ4v) is 4.54. The van der Waals surface area contributed by atoms with Crippen LogP contribution in [0.25, 0.3) is 0 Å². The summed E-state index contributed by atoms with van der Waals surface area (Å²) in [6, 6.07) is 4.76. The highest BCUT2D eigenvalue weighted by Crippen LogP contribution is 2.35. The van der Waals surface area contributed by atoms with E-state index in [4.69, 9.17) is 28.9 Å². The molecule has 2 rings (SSSR count). The number of halogens is 3. The molecule has 0 radical (unpaired) electrons. The lowest BCUT2D eigenvalue weighted by molar-refractivity contribution is 0.599.